The minimum atomic E-state index is -1.54. The predicted octanol–water partition coefficient (Wildman–Crippen LogP) is 2.31. The van der Waals surface area contributed by atoms with Gasteiger partial charge in [0.15, 0.2) is 6.17 Å². The van der Waals surface area contributed by atoms with Crippen molar-refractivity contribution in [3.05, 3.63) is 64.2 Å². The highest BCUT2D eigenvalue weighted by Crippen LogP contribution is 2.38. The number of aliphatic hydroxyl groups excluding tert-OH is 4. The second-order valence-corrected chi connectivity index (χ2v) is 7.30. The summed E-state index contributed by atoms with van der Waals surface area (Å²) < 4.78 is 26.1. The van der Waals surface area contributed by atoms with Crippen LogP contribution >= 0.6 is 11.6 Å². The fourth-order valence-electron chi connectivity index (χ4n) is 3.39. The van der Waals surface area contributed by atoms with Crippen molar-refractivity contribution in [2.45, 2.75) is 43.6 Å². The van der Waals surface area contributed by atoms with Crippen LogP contribution in [0, 0.1) is 0 Å². The molecule has 0 aromatic heterocycles. The Morgan fingerprint density at radius 3 is 2.38 bits per heavy atom. The maximum atomic E-state index is 15.2. The van der Waals surface area contributed by atoms with Gasteiger partial charge in [0.25, 0.3) is 0 Å². The number of hydrogen-bond donors (Lipinski definition) is 4. The zero-order valence-corrected chi connectivity index (χ0v) is 16.5. The molecule has 1 unspecified atom stereocenters. The molecule has 1 aliphatic heterocycles. The summed E-state index contributed by atoms with van der Waals surface area (Å²) in [6.45, 7) is 1.82. The van der Waals surface area contributed by atoms with Crippen LogP contribution in [-0.4, -0.2) is 58.1 Å². The molecule has 2 aromatic carbocycles. The van der Waals surface area contributed by atoms with Crippen LogP contribution in [0.25, 0.3) is 0 Å². The van der Waals surface area contributed by atoms with Crippen molar-refractivity contribution in [1.29, 1.82) is 0 Å². The van der Waals surface area contributed by atoms with E-state index in [0.29, 0.717) is 23.5 Å². The third-order valence-corrected chi connectivity index (χ3v) is 5.34. The van der Waals surface area contributed by atoms with Crippen molar-refractivity contribution in [1.82, 2.24) is 0 Å². The maximum absolute atomic E-state index is 15.2. The number of ether oxygens (including phenoxy) is 2. The van der Waals surface area contributed by atoms with E-state index in [1.807, 2.05) is 6.92 Å². The molecule has 0 bridgehead atoms. The maximum Gasteiger partial charge on any atom is 0.152 e. The summed E-state index contributed by atoms with van der Waals surface area (Å²) in [7, 11) is 0. The Kier molecular flexibility index (Phi) is 7.10. The van der Waals surface area contributed by atoms with Gasteiger partial charge in [-0.05, 0) is 42.3 Å². The first kappa shape index (κ1) is 22.0. The molecule has 0 amide bonds. The van der Waals surface area contributed by atoms with Gasteiger partial charge in [0.1, 0.15) is 36.3 Å². The normalized spacial score (nSPS) is 28.2. The Balaban J connectivity index is 1.89. The van der Waals surface area contributed by atoms with E-state index in [0.717, 1.165) is 0 Å². The fraction of sp³-hybridized carbons (Fsp3) is 0.429. The minimum absolute atomic E-state index is 0.172. The van der Waals surface area contributed by atoms with E-state index in [9.17, 15) is 20.4 Å². The van der Waals surface area contributed by atoms with Gasteiger partial charge in [-0.2, -0.15) is 0 Å². The quantitative estimate of drug-likeness (QED) is 0.565. The van der Waals surface area contributed by atoms with E-state index < -0.39 is 43.3 Å². The molecule has 4 N–H and O–H groups in total. The van der Waals surface area contributed by atoms with Crippen molar-refractivity contribution < 1.29 is 34.3 Å². The number of halogens is 2. The van der Waals surface area contributed by atoms with Crippen molar-refractivity contribution in [2.24, 2.45) is 0 Å². The van der Waals surface area contributed by atoms with Gasteiger partial charge in [0.2, 0.25) is 0 Å². The summed E-state index contributed by atoms with van der Waals surface area (Å²) in [6.07, 6.45) is -8.08. The Hall–Kier alpha value is -1.74. The lowest BCUT2D eigenvalue weighted by molar-refractivity contribution is -0.231. The van der Waals surface area contributed by atoms with Crippen LogP contribution in [0.2, 0.25) is 5.02 Å². The van der Waals surface area contributed by atoms with Gasteiger partial charge >= 0.3 is 0 Å². The van der Waals surface area contributed by atoms with E-state index in [-0.39, 0.29) is 10.6 Å². The molecular weight excluding hydrogens is 403 g/mol. The molecule has 0 aliphatic carbocycles. The molecule has 0 radical (unpaired) electrons. The Morgan fingerprint density at radius 2 is 1.76 bits per heavy atom. The molecule has 6 nitrogen and oxygen atoms in total. The second-order valence-electron chi connectivity index (χ2n) is 6.90. The number of rotatable bonds is 6. The van der Waals surface area contributed by atoms with Gasteiger partial charge in [-0.25, -0.2) is 4.39 Å². The molecule has 3 rings (SSSR count). The van der Waals surface area contributed by atoms with Crippen molar-refractivity contribution in [2.75, 3.05) is 13.2 Å². The van der Waals surface area contributed by atoms with Crippen LogP contribution in [-0.2, 0) is 4.74 Å². The van der Waals surface area contributed by atoms with Crippen LogP contribution in [0.15, 0.2) is 42.5 Å². The van der Waals surface area contributed by atoms with Gasteiger partial charge in [-0.1, -0.05) is 29.8 Å². The molecule has 0 spiro atoms. The van der Waals surface area contributed by atoms with Crippen molar-refractivity contribution in [3.63, 3.8) is 0 Å². The van der Waals surface area contributed by atoms with Crippen LogP contribution in [0.5, 0.6) is 5.75 Å². The molecule has 1 fully saturated rings. The average Bonchev–Trinajstić information content (AvgIpc) is 2.73. The highest BCUT2D eigenvalue weighted by atomic mass is 35.5. The first-order valence-corrected chi connectivity index (χ1v) is 9.71. The van der Waals surface area contributed by atoms with Gasteiger partial charge in [-0.15, -0.1) is 0 Å². The number of alkyl halides is 1. The highest BCUT2D eigenvalue weighted by molar-refractivity contribution is 6.31. The topological polar surface area (TPSA) is 99.4 Å². The summed E-state index contributed by atoms with van der Waals surface area (Å²) in [5.41, 5.74) is 0.918. The highest BCUT2D eigenvalue weighted by Gasteiger charge is 2.44. The molecule has 1 aliphatic rings. The van der Waals surface area contributed by atoms with E-state index in [2.05, 4.69) is 0 Å². The molecule has 6 atom stereocenters. The Bertz CT molecular complexity index is 815. The summed E-state index contributed by atoms with van der Waals surface area (Å²) >= 11 is 6.21. The molecule has 1 heterocycles. The number of hydrogen-bond acceptors (Lipinski definition) is 6. The zero-order chi connectivity index (χ0) is 21.1. The third-order valence-electron chi connectivity index (χ3n) is 5.00. The number of benzene rings is 2. The largest absolute Gasteiger partial charge is 0.494 e. The lowest BCUT2D eigenvalue weighted by atomic mass is 9.90. The SMILES string of the molecule is CCOc1ccc(C(F)c2cc([C@@H]3O[C@H](CO)[C@@H](O)[C@H](O)[C@H]3O)ccc2Cl)cc1. The van der Waals surface area contributed by atoms with Gasteiger partial charge < -0.3 is 29.9 Å². The molecule has 158 valence electrons. The molecule has 1 saturated heterocycles. The van der Waals surface area contributed by atoms with Crippen LogP contribution < -0.4 is 4.74 Å². The van der Waals surface area contributed by atoms with E-state index >= 15 is 4.39 Å². The summed E-state index contributed by atoms with van der Waals surface area (Å²) in [4.78, 5) is 0. The summed E-state index contributed by atoms with van der Waals surface area (Å²) in [6, 6.07) is 11.0. The van der Waals surface area contributed by atoms with Crippen LogP contribution in [0.4, 0.5) is 4.39 Å². The van der Waals surface area contributed by atoms with Crippen molar-refractivity contribution in [3.8, 4) is 5.75 Å². The molecular formula is C21H24ClFO6. The lowest BCUT2D eigenvalue weighted by Crippen LogP contribution is -2.55. The third kappa shape index (κ3) is 4.55. The standard InChI is InChI=1S/C21H24ClFO6/c1-2-28-13-6-3-11(4-7-13)17(23)14-9-12(5-8-15(14)22)21-20(27)19(26)18(25)16(10-24)29-21/h3-9,16-21,24-27H,2,10H2,1H3/t16-,17?,18-,19+,20-,21+/m1/s1. The van der Waals surface area contributed by atoms with Crippen LogP contribution in [0.3, 0.4) is 0 Å². The average molecular weight is 427 g/mol. The summed E-state index contributed by atoms with van der Waals surface area (Å²) in [5.74, 6) is 0.629. The number of aliphatic hydroxyl groups is 4. The summed E-state index contributed by atoms with van der Waals surface area (Å²) in [5, 5.41) is 39.8. The lowest BCUT2D eigenvalue weighted by Gasteiger charge is -2.40. The first-order valence-electron chi connectivity index (χ1n) is 9.34. The minimum Gasteiger partial charge on any atom is -0.494 e. The Morgan fingerprint density at radius 1 is 1.07 bits per heavy atom. The molecule has 8 heteroatoms. The van der Waals surface area contributed by atoms with E-state index in [1.165, 1.54) is 12.1 Å². The van der Waals surface area contributed by atoms with Gasteiger partial charge in [-0.3, -0.25) is 0 Å². The predicted molar refractivity (Wildman–Crippen MR) is 105 cm³/mol. The van der Waals surface area contributed by atoms with E-state index in [4.69, 9.17) is 21.1 Å². The van der Waals surface area contributed by atoms with Gasteiger partial charge in [0, 0.05) is 10.6 Å². The fourth-order valence-corrected chi connectivity index (χ4v) is 3.60. The zero-order valence-electron chi connectivity index (χ0n) is 15.8. The molecule has 29 heavy (non-hydrogen) atoms. The molecule has 2 aromatic rings. The van der Waals surface area contributed by atoms with E-state index in [1.54, 1.807) is 30.3 Å². The second kappa shape index (κ2) is 9.38. The smallest absolute Gasteiger partial charge is 0.152 e. The molecule has 0 saturated carbocycles. The first-order chi connectivity index (χ1) is 13.9. The van der Waals surface area contributed by atoms with Crippen LogP contribution in [0.1, 0.15) is 35.9 Å². The monoisotopic (exact) mass is 426 g/mol. The van der Waals surface area contributed by atoms with Gasteiger partial charge in [0.05, 0.1) is 13.2 Å². The Labute approximate surface area is 173 Å². The van der Waals surface area contributed by atoms with Crippen molar-refractivity contribution >= 4 is 11.6 Å².